The van der Waals surface area contributed by atoms with Gasteiger partial charge >= 0.3 is 5.97 Å². The molecule has 1 aromatic heterocycles. The van der Waals surface area contributed by atoms with E-state index in [1.165, 1.54) is 31.2 Å². The van der Waals surface area contributed by atoms with Crippen molar-refractivity contribution in [1.82, 2.24) is 9.88 Å². The van der Waals surface area contributed by atoms with E-state index in [2.05, 4.69) is 4.98 Å². The van der Waals surface area contributed by atoms with Crippen molar-refractivity contribution in [2.45, 2.75) is 12.8 Å². The van der Waals surface area contributed by atoms with Gasteiger partial charge < -0.3 is 10.0 Å². The summed E-state index contributed by atoms with van der Waals surface area (Å²) >= 11 is 0. The Kier molecular flexibility index (Phi) is 3.08. The second-order valence-electron chi connectivity index (χ2n) is 4.36. The highest BCUT2D eigenvalue weighted by molar-refractivity contribution is 5.96. The van der Waals surface area contributed by atoms with Gasteiger partial charge in [0, 0.05) is 25.4 Å². The van der Waals surface area contributed by atoms with E-state index in [-0.39, 0.29) is 11.6 Å². The number of hydrogen-bond acceptors (Lipinski definition) is 3. The second-order valence-corrected chi connectivity index (χ2v) is 4.36. The molecule has 90 valence electrons. The van der Waals surface area contributed by atoms with Crippen LogP contribution in [0.3, 0.4) is 0 Å². The molecule has 0 unspecified atom stereocenters. The fourth-order valence-corrected chi connectivity index (χ4v) is 1.67. The number of hydrogen-bond donors (Lipinski definition) is 1. The first-order chi connectivity index (χ1) is 8.08. The van der Waals surface area contributed by atoms with Crippen LogP contribution in [-0.2, 0) is 0 Å². The fourth-order valence-electron chi connectivity index (χ4n) is 1.67. The van der Waals surface area contributed by atoms with Crippen molar-refractivity contribution in [2.75, 3.05) is 13.6 Å². The molecular formula is C12H14N2O3. The first kappa shape index (κ1) is 11.6. The number of aromatic nitrogens is 1. The number of carboxylic acids is 1. The van der Waals surface area contributed by atoms with Gasteiger partial charge in [0.05, 0.1) is 0 Å². The minimum Gasteiger partial charge on any atom is -0.477 e. The molecule has 0 aliphatic heterocycles. The maximum absolute atomic E-state index is 12.0. The molecule has 17 heavy (non-hydrogen) atoms. The molecule has 1 heterocycles. The van der Waals surface area contributed by atoms with Crippen LogP contribution in [0, 0.1) is 5.92 Å². The van der Waals surface area contributed by atoms with Gasteiger partial charge in [-0.05, 0) is 30.9 Å². The SMILES string of the molecule is CN(CC1CC1)C(=O)c1ccnc(C(=O)O)c1. The Bertz CT molecular complexity index is 455. The molecule has 0 radical (unpaired) electrons. The Morgan fingerprint density at radius 1 is 1.53 bits per heavy atom. The molecule has 0 atom stereocenters. The minimum absolute atomic E-state index is 0.101. The molecule has 1 aliphatic rings. The third-order valence-corrected chi connectivity index (χ3v) is 2.80. The highest BCUT2D eigenvalue weighted by atomic mass is 16.4. The van der Waals surface area contributed by atoms with Gasteiger partial charge in [0.15, 0.2) is 0 Å². The van der Waals surface area contributed by atoms with Crippen LogP contribution in [0.2, 0.25) is 0 Å². The third-order valence-electron chi connectivity index (χ3n) is 2.80. The maximum atomic E-state index is 12.0. The molecule has 1 aliphatic carbocycles. The predicted molar refractivity (Wildman–Crippen MR) is 60.9 cm³/mol. The monoisotopic (exact) mass is 234 g/mol. The lowest BCUT2D eigenvalue weighted by Crippen LogP contribution is -2.29. The lowest BCUT2D eigenvalue weighted by molar-refractivity contribution is 0.0690. The van der Waals surface area contributed by atoms with Gasteiger partial charge in [-0.25, -0.2) is 9.78 Å². The minimum atomic E-state index is -1.12. The highest BCUT2D eigenvalue weighted by Gasteiger charge is 2.25. The van der Waals surface area contributed by atoms with Crippen LogP contribution in [0.15, 0.2) is 18.3 Å². The van der Waals surface area contributed by atoms with Crippen LogP contribution in [-0.4, -0.2) is 40.5 Å². The van der Waals surface area contributed by atoms with Crippen molar-refractivity contribution in [3.63, 3.8) is 0 Å². The molecule has 0 spiro atoms. The maximum Gasteiger partial charge on any atom is 0.354 e. The molecule has 2 rings (SSSR count). The van der Waals surface area contributed by atoms with E-state index in [4.69, 9.17) is 5.11 Å². The normalized spacial score (nSPS) is 14.4. The quantitative estimate of drug-likeness (QED) is 0.851. The molecule has 1 aromatic rings. The van der Waals surface area contributed by atoms with E-state index in [9.17, 15) is 9.59 Å². The summed E-state index contributed by atoms with van der Waals surface area (Å²) in [4.78, 5) is 28.1. The van der Waals surface area contributed by atoms with Gasteiger partial charge in [0.2, 0.25) is 0 Å². The zero-order valence-corrected chi connectivity index (χ0v) is 9.59. The van der Waals surface area contributed by atoms with E-state index < -0.39 is 5.97 Å². The summed E-state index contributed by atoms with van der Waals surface area (Å²) < 4.78 is 0. The average molecular weight is 234 g/mol. The Hall–Kier alpha value is -1.91. The number of carbonyl (C=O) groups is 2. The summed E-state index contributed by atoms with van der Waals surface area (Å²) in [6, 6.07) is 2.85. The number of carboxylic acid groups (broad SMARTS) is 1. The van der Waals surface area contributed by atoms with E-state index in [1.54, 1.807) is 11.9 Å². The lowest BCUT2D eigenvalue weighted by Gasteiger charge is -2.16. The van der Waals surface area contributed by atoms with Crippen LogP contribution < -0.4 is 0 Å². The molecule has 1 saturated carbocycles. The van der Waals surface area contributed by atoms with Gasteiger partial charge in [-0.15, -0.1) is 0 Å². The molecule has 0 bridgehead atoms. The van der Waals surface area contributed by atoms with Crippen molar-refractivity contribution < 1.29 is 14.7 Å². The molecule has 1 amide bonds. The van der Waals surface area contributed by atoms with Gasteiger partial charge in [-0.1, -0.05) is 0 Å². The Morgan fingerprint density at radius 2 is 2.24 bits per heavy atom. The van der Waals surface area contributed by atoms with Crippen molar-refractivity contribution in [2.24, 2.45) is 5.92 Å². The molecule has 0 saturated heterocycles. The summed E-state index contributed by atoms with van der Waals surface area (Å²) in [5, 5.41) is 8.80. The van der Waals surface area contributed by atoms with E-state index >= 15 is 0 Å². The van der Waals surface area contributed by atoms with Gasteiger partial charge in [0.25, 0.3) is 5.91 Å². The number of pyridine rings is 1. The smallest absolute Gasteiger partial charge is 0.354 e. The zero-order chi connectivity index (χ0) is 12.4. The number of nitrogens with zero attached hydrogens (tertiary/aromatic N) is 2. The van der Waals surface area contributed by atoms with Crippen LogP contribution in [0.1, 0.15) is 33.7 Å². The Labute approximate surface area is 99.1 Å². The fraction of sp³-hybridized carbons (Fsp3) is 0.417. The predicted octanol–water partition coefficient (Wildman–Crippen LogP) is 1.26. The van der Waals surface area contributed by atoms with E-state index in [0.29, 0.717) is 11.5 Å². The van der Waals surface area contributed by atoms with Crippen molar-refractivity contribution >= 4 is 11.9 Å². The van der Waals surface area contributed by atoms with Gasteiger partial charge in [-0.2, -0.15) is 0 Å². The van der Waals surface area contributed by atoms with Crippen LogP contribution in [0.5, 0.6) is 0 Å². The molecule has 1 fully saturated rings. The molecular weight excluding hydrogens is 220 g/mol. The molecule has 1 N–H and O–H groups in total. The van der Waals surface area contributed by atoms with Crippen molar-refractivity contribution in [1.29, 1.82) is 0 Å². The first-order valence-corrected chi connectivity index (χ1v) is 5.52. The summed E-state index contributed by atoms with van der Waals surface area (Å²) in [6.45, 7) is 0.740. The summed E-state index contributed by atoms with van der Waals surface area (Å²) in [5.74, 6) is -0.656. The lowest BCUT2D eigenvalue weighted by atomic mass is 10.2. The van der Waals surface area contributed by atoms with Gasteiger partial charge in [0.1, 0.15) is 5.69 Å². The first-order valence-electron chi connectivity index (χ1n) is 5.52. The topological polar surface area (TPSA) is 70.5 Å². The number of carbonyl (C=O) groups excluding carboxylic acids is 1. The largest absolute Gasteiger partial charge is 0.477 e. The average Bonchev–Trinajstić information content (AvgIpc) is 3.12. The van der Waals surface area contributed by atoms with Crippen LogP contribution in [0.25, 0.3) is 0 Å². The van der Waals surface area contributed by atoms with Crippen molar-refractivity contribution in [3.05, 3.63) is 29.6 Å². The number of rotatable bonds is 4. The Balaban J connectivity index is 2.11. The second kappa shape index (κ2) is 4.53. The molecule has 5 heteroatoms. The zero-order valence-electron chi connectivity index (χ0n) is 9.59. The van der Waals surface area contributed by atoms with Crippen molar-refractivity contribution in [3.8, 4) is 0 Å². The third kappa shape index (κ3) is 2.81. The Morgan fingerprint density at radius 3 is 2.82 bits per heavy atom. The summed E-state index contributed by atoms with van der Waals surface area (Å²) in [6.07, 6.45) is 3.70. The van der Waals surface area contributed by atoms with Gasteiger partial charge in [-0.3, -0.25) is 4.79 Å². The summed E-state index contributed by atoms with van der Waals surface area (Å²) in [7, 11) is 1.74. The van der Waals surface area contributed by atoms with Crippen LogP contribution in [0.4, 0.5) is 0 Å². The summed E-state index contributed by atoms with van der Waals surface area (Å²) in [5.41, 5.74) is 0.274. The number of amides is 1. The highest BCUT2D eigenvalue weighted by Crippen LogP contribution is 2.29. The van der Waals surface area contributed by atoms with Crippen LogP contribution >= 0.6 is 0 Å². The molecule has 5 nitrogen and oxygen atoms in total. The van der Waals surface area contributed by atoms with E-state index in [1.807, 2.05) is 0 Å². The number of aromatic carboxylic acids is 1. The molecule has 0 aromatic carbocycles. The van der Waals surface area contributed by atoms with E-state index in [0.717, 1.165) is 6.54 Å². The standard InChI is InChI=1S/C12H14N2O3/c1-14(7-8-2-3-8)11(15)9-4-5-13-10(6-9)12(16)17/h4-6,8H,2-3,7H2,1H3,(H,16,17).